The van der Waals surface area contributed by atoms with E-state index in [1.54, 1.807) is 0 Å². The van der Waals surface area contributed by atoms with Crippen LogP contribution in [0.15, 0.2) is 30.3 Å². The fourth-order valence-electron chi connectivity index (χ4n) is 1.95. The number of pyridine rings is 1. The predicted octanol–water partition coefficient (Wildman–Crippen LogP) is 4.59. The number of aromatic nitrogens is 1. The van der Waals surface area contributed by atoms with Crippen LogP contribution in [0.2, 0.25) is 0 Å². The fraction of sp³-hybridized carbons (Fsp3) is 0.438. The van der Waals surface area contributed by atoms with Crippen molar-refractivity contribution in [3.05, 3.63) is 36.0 Å². The number of ether oxygens (including phenoxy) is 1. The van der Waals surface area contributed by atoms with Gasteiger partial charge in [-0.3, -0.25) is 0 Å². The number of alkyl halides is 1. The van der Waals surface area contributed by atoms with Crippen molar-refractivity contribution in [3.63, 3.8) is 0 Å². The van der Waals surface area contributed by atoms with Crippen LogP contribution in [0.1, 0.15) is 19.5 Å². The Morgan fingerprint density at radius 1 is 1.21 bits per heavy atom. The number of nitrogens with zero attached hydrogens (tertiary/aromatic N) is 1. The van der Waals surface area contributed by atoms with Gasteiger partial charge >= 0.3 is 0 Å². The second-order valence-corrected chi connectivity index (χ2v) is 5.90. The SMILES string of the molecule is Cc1ccc2cccc(OCC(CBr)C(C)C)c2n1. The number of para-hydroxylation sites is 1. The van der Waals surface area contributed by atoms with Crippen molar-refractivity contribution in [2.45, 2.75) is 20.8 Å². The van der Waals surface area contributed by atoms with E-state index in [-0.39, 0.29) is 0 Å². The quantitative estimate of drug-likeness (QED) is 0.751. The molecule has 0 aliphatic carbocycles. The minimum absolute atomic E-state index is 0.514. The summed E-state index contributed by atoms with van der Waals surface area (Å²) in [4.78, 5) is 4.59. The Labute approximate surface area is 123 Å². The highest BCUT2D eigenvalue weighted by molar-refractivity contribution is 9.09. The van der Waals surface area contributed by atoms with Crippen molar-refractivity contribution in [1.82, 2.24) is 4.98 Å². The molecular weight excluding hydrogens is 302 g/mol. The van der Waals surface area contributed by atoms with Gasteiger partial charge in [0, 0.05) is 22.3 Å². The fourth-order valence-corrected chi connectivity index (χ4v) is 2.88. The molecule has 0 amide bonds. The summed E-state index contributed by atoms with van der Waals surface area (Å²) in [7, 11) is 0. The first-order chi connectivity index (χ1) is 9.11. The Hall–Kier alpha value is -1.09. The maximum atomic E-state index is 6.00. The second-order valence-electron chi connectivity index (χ2n) is 5.25. The topological polar surface area (TPSA) is 22.1 Å². The minimum atomic E-state index is 0.514. The van der Waals surface area contributed by atoms with E-state index in [9.17, 15) is 0 Å². The van der Waals surface area contributed by atoms with Crippen molar-refractivity contribution in [2.75, 3.05) is 11.9 Å². The first-order valence-corrected chi connectivity index (χ1v) is 7.79. The van der Waals surface area contributed by atoms with E-state index in [1.807, 2.05) is 25.1 Å². The molecule has 2 aromatic rings. The summed E-state index contributed by atoms with van der Waals surface area (Å²) in [5, 5.41) is 2.09. The zero-order valence-electron chi connectivity index (χ0n) is 11.7. The molecule has 0 bridgehead atoms. The largest absolute Gasteiger partial charge is 0.491 e. The highest BCUT2D eigenvalue weighted by Gasteiger charge is 2.13. The maximum Gasteiger partial charge on any atom is 0.145 e. The lowest BCUT2D eigenvalue weighted by Crippen LogP contribution is -2.19. The Morgan fingerprint density at radius 2 is 2.00 bits per heavy atom. The molecule has 0 aliphatic rings. The van der Waals surface area contributed by atoms with Gasteiger partial charge in [-0.15, -0.1) is 0 Å². The Bertz CT molecular complexity index is 553. The normalized spacial score (nSPS) is 12.9. The smallest absolute Gasteiger partial charge is 0.145 e. The number of benzene rings is 1. The lowest BCUT2D eigenvalue weighted by molar-refractivity contribution is 0.229. The van der Waals surface area contributed by atoms with Crippen LogP contribution in [0.5, 0.6) is 5.75 Å². The van der Waals surface area contributed by atoms with Crippen molar-refractivity contribution >= 4 is 26.8 Å². The summed E-state index contributed by atoms with van der Waals surface area (Å²) in [6, 6.07) is 10.2. The summed E-state index contributed by atoms with van der Waals surface area (Å²) in [6.45, 7) is 7.17. The molecule has 19 heavy (non-hydrogen) atoms. The van der Waals surface area contributed by atoms with Crippen molar-refractivity contribution in [2.24, 2.45) is 11.8 Å². The summed E-state index contributed by atoms with van der Waals surface area (Å²) >= 11 is 3.56. The third-order valence-electron chi connectivity index (χ3n) is 3.42. The molecule has 1 unspecified atom stereocenters. The van der Waals surface area contributed by atoms with Crippen LogP contribution in [0.4, 0.5) is 0 Å². The predicted molar refractivity (Wildman–Crippen MR) is 84.1 cm³/mol. The van der Waals surface area contributed by atoms with Gasteiger partial charge in [0.1, 0.15) is 11.3 Å². The second kappa shape index (κ2) is 6.38. The zero-order valence-corrected chi connectivity index (χ0v) is 13.3. The molecule has 0 N–H and O–H groups in total. The van der Waals surface area contributed by atoms with Crippen molar-refractivity contribution in [1.29, 1.82) is 0 Å². The molecule has 3 heteroatoms. The van der Waals surface area contributed by atoms with Crippen molar-refractivity contribution < 1.29 is 4.74 Å². The van der Waals surface area contributed by atoms with Gasteiger partial charge in [-0.25, -0.2) is 4.98 Å². The molecule has 2 rings (SSSR count). The summed E-state index contributed by atoms with van der Waals surface area (Å²) in [5.41, 5.74) is 1.98. The van der Waals surface area contributed by atoms with E-state index >= 15 is 0 Å². The van der Waals surface area contributed by atoms with Gasteiger partial charge < -0.3 is 4.74 Å². The van der Waals surface area contributed by atoms with Gasteiger partial charge in [0.25, 0.3) is 0 Å². The first kappa shape index (κ1) is 14.3. The number of aryl methyl sites for hydroxylation is 1. The highest BCUT2D eigenvalue weighted by atomic mass is 79.9. The van der Waals surface area contributed by atoms with E-state index < -0.39 is 0 Å². The standard InChI is InChI=1S/C16H20BrNO/c1-11(2)14(9-17)10-19-15-6-4-5-13-8-7-12(3)18-16(13)15/h4-8,11,14H,9-10H2,1-3H3. The van der Waals surface area contributed by atoms with Gasteiger partial charge in [-0.2, -0.15) is 0 Å². The molecule has 1 heterocycles. The van der Waals surface area contributed by atoms with Crippen LogP contribution in [0, 0.1) is 18.8 Å². The molecule has 0 aliphatic heterocycles. The Morgan fingerprint density at radius 3 is 2.68 bits per heavy atom. The molecule has 2 nitrogen and oxygen atoms in total. The van der Waals surface area contributed by atoms with Crippen LogP contribution in [-0.2, 0) is 0 Å². The molecule has 0 radical (unpaired) electrons. The molecule has 1 aromatic heterocycles. The van der Waals surface area contributed by atoms with E-state index in [2.05, 4.69) is 46.9 Å². The average molecular weight is 322 g/mol. The van der Waals surface area contributed by atoms with E-state index in [0.717, 1.165) is 34.3 Å². The molecule has 102 valence electrons. The van der Waals surface area contributed by atoms with Gasteiger partial charge in [0.15, 0.2) is 0 Å². The number of hydrogen-bond donors (Lipinski definition) is 0. The highest BCUT2D eigenvalue weighted by Crippen LogP contribution is 2.25. The molecule has 1 atom stereocenters. The van der Waals surface area contributed by atoms with Crippen LogP contribution >= 0.6 is 15.9 Å². The minimum Gasteiger partial charge on any atom is -0.491 e. The van der Waals surface area contributed by atoms with Gasteiger partial charge in [-0.05, 0) is 25.0 Å². The summed E-state index contributed by atoms with van der Waals surface area (Å²) in [5.74, 6) is 2.00. The van der Waals surface area contributed by atoms with Gasteiger partial charge in [-0.1, -0.05) is 48.0 Å². The molecule has 0 spiro atoms. The average Bonchev–Trinajstić information content (AvgIpc) is 2.39. The number of rotatable bonds is 5. The van der Waals surface area contributed by atoms with Gasteiger partial charge in [0.2, 0.25) is 0 Å². The van der Waals surface area contributed by atoms with Gasteiger partial charge in [0.05, 0.1) is 6.61 Å². The molecule has 0 saturated heterocycles. The number of hydrogen-bond acceptors (Lipinski definition) is 2. The lowest BCUT2D eigenvalue weighted by atomic mass is 9.99. The Balaban J connectivity index is 2.23. The van der Waals surface area contributed by atoms with E-state index in [1.165, 1.54) is 0 Å². The summed E-state index contributed by atoms with van der Waals surface area (Å²) in [6.07, 6.45) is 0. The Kier molecular flexibility index (Phi) is 4.81. The van der Waals surface area contributed by atoms with E-state index in [0.29, 0.717) is 11.8 Å². The molecular formula is C16H20BrNO. The van der Waals surface area contributed by atoms with Crippen LogP contribution < -0.4 is 4.74 Å². The van der Waals surface area contributed by atoms with E-state index in [4.69, 9.17) is 4.74 Å². The van der Waals surface area contributed by atoms with Crippen molar-refractivity contribution in [3.8, 4) is 5.75 Å². The first-order valence-electron chi connectivity index (χ1n) is 6.67. The maximum absolute atomic E-state index is 6.00. The van der Waals surface area contributed by atoms with Crippen LogP contribution in [-0.4, -0.2) is 16.9 Å². The molecule has 0 fully saturated rings. The number of fused-ring (bicyclic) bond motifs is 1. The number of halogens is 1. The summed E-state index contributed by atoms with van der Waals surface area (Å²) < 4.78 is 6.00. The third-order valence-corrected chi connectivity index (χ3v) is 4.25. The monoisotopic (exact) mass is 321 g/mol. The van der Waals surface area contributed by atoms with Crippen LogP contribution in [0.3, 0.4) is 0 Å². The zero-order chi connectivity index (χ0) is 13.8. The third kappa shape index (κ3) is 3.47. The molecule has 1 aromatic carbocycles. The molecule has 0 saturated carbocycles. The van der Waals surface area contributed by atoms with Crippen LogP contribution in [0.25, 0.3) is 10.9 Å². The lowest BCUT2D eigenvalue weighted by Gasteiger charge is -2.19.